The Hall–Kier alpha value is -1.32. The predicted molar refractivity (Wildman–Crippen MR) is 90.8 cm³/mol. The second-order valence-electron chi connectivity index (χ2n) is 5.00. The molecule has 110 valence electrons. The van der Waals surface area contributed by atoms with Gasteiger partial charge >= 0.3 is 0 Å². The molecule has 0 aliphatic rings. The van der Waals surface area contributed by atoms with Crippen LogP contribution < -0.4 is 5.32 Å². The number of aryl methyl sites for hydroxylation is 1. The highest BCUT2D eigenvalue weighted by atomic mass is 79.9. The van der Waals surface area contributed by atoms with E-state index in [4.69, 9.17) is 11.6 Å². The molecule has 1 atom stereocenters. The van der Waals surface area contributed by atoms with Gasteiger partial charge in [0.2, 0.25) is 0 Å². The standard InChI is InChI=1S/C17H17BrClNO/c1-3-16(12-6-4-11(2)5-7-12)20-17(21)13-8-14(18)10-15(19)9-13/h4-10,16H,3H2,1-2H3,(H,20,21). The van der Waals surface area contributed by atoms with Gasteiger partial charge in [0.15, 0.2) is 0 Å². The fourth-order valence-corrected chi connectivity index (χ4v) is 3.01. The zero-order chi connectivity index (χ0) is 15.4. The van der Waals surface area contributed by atoms with Crippen molar-refractivity contribution in [1.29, 1.82) is 0 Å². The van der Waals surface area contributed by atoms with Crippen LogP contribution in [-0.4, -0.2) is 5.91 Å². The van der Waals surface area contributed by atoms with Crippen LogP contribution in [0.15, 0.2) is 46.9 Å². The minimum absolute atomic E-state index is 0.00384. The second kappa shape index (κ2) is 7.10. The van der Waals surface area contributed by atoms with Crippen LogP contribution in [-0.2, 0) is 0 Å². The number of benzene rings is 2. The highest BCUT2D eigenvalue weighted by molar-refractivity contribution is 9.10. The third-order valence-corrected chi connectivity index (χ3v) is 3.99. The van der Waals surface area contributed by atoms with Crippen molar-refractivity contribution >= 4 is 33.4 Å². The molecule has 1 amide bonds. The zero-order valence-corrected chi connectivity index (χ0v) is 14.3. The van der Waals surface area contributed by atoms with Gasteiger partial charge in [0.1, 0.15) is 0 Å². The molecule has 2 rings (SSSR count). The lowest BCUT2D eigenvalue weighted by Gasteiger charge is -2.18. The molecule has 2 nitrogen and oxygen atoms in total. The molecule has 0 saturated heterocycles. The lowest BCUT2D eigenvalue weighted by molar-refractivity contribution is 0.0935. The molecule has 0 saturated carbocycles. The first kappa shape index (κ1) is 16.1. The van der Waals surface area contributed by atoms with E-state index >= 15 is 0 Å². The second-order valence-corrected chi connectivity index (χ2v) is 6.36. The van der Waals surface area contributed by atoms with Crippen molar-refractivity contribution in [3.05, 3.63) is 68.7 Å². The Morgan fingerprint density at radius 1 is 1.24 bits per heavy atom. The van der Waals surface area contributed by atoms with E-state index in [2.05, 4.69) is 52.4 Å². The first-order valence-corrected chi connectivity index (χ1v) is 8.00. The van der Waals surface area contributed by atoms with E-state index in [0.29, 0.717) is 10.6 Å². The number of carbonyl (C=O) groups excluding carboxylic acids is 1. The van der Waals surface area contributed by atoms with E-state index in [-0.39, 0.29) is 11.9 Å². The Balaban J connectivity index is 2.18. The number of hydrogen-bond acceptors (Lipinski definition) is 1. The Morgan fingerprint density at radius 3 is 2.48 bits per heavy atom. The molecule has 21 heavy (non-hydrogen) atoms. The normalized spacial score (nSPS) is 12.0. The van der Waals surface area contributed by atoms with Crippen LogP contribution in [0, 0.1) is 6.92 Å². The van der Waals surface area contributed by atoms with Gasteiger partial charge in [0.05, 0.1) is 6.04 Å². The SMILES string of the molecule is CCC(NC(=O)c1cc(Cl)cc(Br)c1)c1ccc(C)cc1. The van der Waals surface area contributed by atoms with E-state index < -0.39 is 0 Å². The molecular formula is C17H17BrClNO. The summed E-state index contributed by atoms with van der Waals surface area (Å²) in [5.74, 6) is -0.120. The summed E-state index contributed by atoms with van der Waals surface area (Å²) in [4.78, 5) is 12.4. The summed E-state index contributed by atoms with van der Waals surface area (Å²) >= 11 is 9.34. The number of nitrogens with one attached hydrogen (secondary N) is 1. The third-order valence-electron chi connectivity index (χ3n) is 3.32. The van der Waals surface area contributed by atoms with Gasteiger partial charge in [-0.1, -0.05) is 64.3 Å². The molecular weight excluding hydrogens is 350 g/mol. The van der Waals surface area contributed by atoms with E-state index in [0.717, 1.165) is 16.5 Å². The molecule has 0 bridgehead atoms. The van der Waals surface area contributed by atoms with Gasteiger partial charge in [-0.2, -0.15) is 0 Å². The molecule has 2 aromatic rings. The average Bonchev–Trinajstić information content (AvgIpc) is 2.44. The predicted octanol–water partition coefficient (Wildman–Crippen LogP) is 5.29. The summed E-state index contributed by atoms with van der Waals surface area (Å²) in [6, 6.07) is 13.4. The maximum Gasteiger partial charge on any atom is 0.251 e. The van der Waals surface area contributed by atoms with Crippen molar-refractivity contribution in [2.45, 2.75) is 26.3 Å². The van der Waals surface area contributed by atoms with Crippen molar-refractivity contribution in [2.24, 2.45) is 0 Å². The molecule has 0 radical (unpaired) electrons. The maximum atomic E-state index is 12.4. The number of rotatable bonds is 4. The van der Waals surface area contributed by atoms with Crippen LogP contribution in [0.4, 0.5) is 0 Å². The van der Waals surface area contributed by atoms with Crippen LogP contribution in [0.1, 0.15) is 40.9 Å². The minimum atomic E-state index is -0.120. The fourth-order valence-electron chi connectivity index (χ4n) is 2.15. The largest absolute Gasteiger partial charge is 0.345 e. The van der Waals surface area contributed by atoms with Gasteiger partial charge < -0.3 is 5.32 Å². The molecule has 4 heteroatoms. The van der Waals surface area contributed by atoms with Gasteiger partial charge in [0, 0.05) is 15.1 Å². The monoisotopic (exact) mass is 365 g/mol. The molecule has 0 spiro atoms. The van der Waals surface area contributed by atoms with Gasteiger partial charge in [-0.3, -0.25) is 4.79 Å². The highest BCUT2D eigenvalue weighted by Gasteiger charge is 2.14. The van der Waals surface area contributed by atoms with Crippen LogP contribution in [0.3, 0.4) is 0 Å². The average molecular weight is 367 g/mol. The van der Waals surface area contributed by atoms with Crippen LogP contribution in [0.5, 0.6) is 0 Å². The maximum absolute atomic E-state index is 12.4. The molecule has 1 N–H and O–H groups in total. The third kappa shape index (κ3) is 4.32. The molecule has 0 heterocycles. The van der Waals surface area contributed by atoms with Gasteiger partial charge in [0.25, 0.3) is 5.91 Å². The number of halogens is 2. The Morgan fingerprint density at radius 2 is 1.90 bits per heavy atom. The summed E-state index contributed by atoms with van der Waals surface area (Å²) in [6.45, 7) is 4.10. The van der Waals surface area contributed by atoms with Gasteiger partial charge in [-0.15, -0.1) is 0 Å². The fraction of sp³-hybridized carbons (Fsp3) is 0.235. The van der Waals surface area contributed by atoms with Gasteiger partial charge in [-0.25, -0.2) is 0 Å². The lowest BCUT2D eigenvalue weighted by atomic mass is 10.0. The Labute approximate surface area is 138 Å². The summed E-state index contributed by atoms with van der Waals surface area (Å²) in [6.07, 6.45) is 0.830. The highest BCUT2D eigenvalue weighted by Crippen LogP contribution is 2.22. The van der Waals surface area contributed by atoms with E-state index in [1.165, 1.54) is 5.56 Å². The minimum Gasteiger partial charge on any atom is -0.345 e. The number of carbonyl (C=O) groups is 1. The van der Waals surface area contributed by atoms with Crippen molar-refractivity contribution in [3.8, 4) is 0 Å². The summed E-state index contributed by atoms with van der Waals surface area (Å²) in [5, 5.41) is 3.59. The first-order chi connectivity index (χ1) is 9.99. The van der Waals surface area contributed by atoms with Crippen molar-refractivity contribution in [3.63, 3.8) is 0 Å². The smallest absolute Gasteiger partial charge is 0.251 e. The lowest BCUT2D eigenvalue weighted by Crippen LogP contribution is -2.28. The van der Waals surface area contributed by atoms with E-state index in [9.17, 15) is 4.79 Å². The molecule has 0 aromatic heterocycles. The van der Waals surface area contributed by atoms with Crippen molar-refractivity contribution in [1.82, 2.24) is 5.32 Å². The number of hydrogen-bond donors (Lipinski definition) is 1. The summed E-state index contributed by atoms with van der Waals surface area (Å²) in [5.41, 5.74) is 2.87. The first-order valence-electron chi connectivity index (χ1n) is 6.83. The molecule has 0 aliphatic carbocycles. The van der Waals surface area contributed by atoms with Crippen molar-refractivity contribution < 1.29 is 4.79 Å². The quantitative estimate of drug-likeness (QED) is 0.782. The summed E-state index contributed by atoms with van der Waals surface area (Å²) in [7, 11) is 0. The molecule has 0 aliphatic heterocycles. The molecule has 1 unspecified atom stereocenters. The van der Waals surface area contributed by atoms with Crippen LogP contribution in [0.2, 0.25) is 5.02 Å². The van der Waals surface area contributed by atoms with Gasteiger partial charge in [-0.05, 0) is 37.1 Å². The summed E-state index contributed by atoms with van der Waals surface area (Å²) < 4.78 is 0.795. The van der Waals surface area contributed by atoms with Crippen LogP contribution >= 0.6 is 27.5 Å². The van der Waals surface area contributed by atoms with E-state index in [1.807, 2.05) is 6.92 Å². The molecule has 2 aromatic carbocycles. The molecule has 0 fully saturated rings. The van der Waals surface area contributed by atoms with Crippen LogP contribution in [0.25, 0.3) is 0 Å². The Kier molecular flexibility index (Phi) is 5.43. The number of amides is 1. The topological polar surface area (TPSA) is 29.1 Å². The van der Waals surface area contributed by atoms with E-state index in [1.54, 1.807) is 18.2 Å². The Bertz CT molecular complexity index is 619. The zero-order valence-electron chi connectivity index (χ0n) is 12.0. The van der Waals surface area contributed by atoms with Crippen molar-refractivity contribution in [2.75, 3.05) is 0 Å².